The first kappa shape index (κ1) is 18.4. The Morgan fingerprint density at radius 3 is 3.07 bits per heavy atom. The third-order valence-corrected chi connectivity index (χ3v) is 7.72. The Morgan fingerprint density at radius 1 is 1.23 bits per heavy atom. The number of hydrogen-bond acceptors (Lipinski definition) is 3. The zero-order valence-electron chi connectivity index (χ0n) is 18.1. The smallest absolute Gasteiger partial charge is 0.0903 e. The van der Waals surface area contributed by atoms with Gasteiger partial charge in [0.25, 0.3) is 0 Å². The molecular formula is C26H31N3O. The Labute approximate surface area is 178 Å². The van der Waals surface area contributed by atoms with Crippen LogP contribution in [0, 0.1) is 5.92 Å². The van der Waals surface area contributed by atoms with Crippen molar-refractivity contribution in [1.82, 2.24) is 9.47 Å². The Morgan fingerprint density at radius 2 is 2.17 bits per heavy atom. The largest absolute Gasteiger partial charge is 0.473 e. The second-order valence-corrected chi connectivity index (χ2v) is 9.52. The number of fused-ring (bicyclic) bond motifs is 3. The van der Waals surface area contributed by atoms with Crippen molar-refractivity contribution in [3.8, 4) is 0 Å². The molecule has 4 heteroatoms. The normalized spacial score (nSPS) is 31.5. The van der Waals surface area contributed by atoms with Crippen LogP contribution in [-0.4, -0.2) is 40.4 Å². The van der Waals surface area contributed by atoms with Crippen LogP contribution in [-0.2, 0) is 18.2 Å². The molecule has 6 rings (SSSR count). The summed E-state index contributed by atoms with van der Waals surface area (Å²) < 4.78 is 7.72. The molecule has 2 aromatic rings. The summed E-state index contributed by atoms with van der Waals surface area (Å²) in [5, 5.41) is 1.52. The lowest BCUT2D eigenvalue weighted by atomic mass is 9.74. The van der Waals surface area contributed by atoms with Crippen molar-refractivity contribution in [2.24, 2.45) is 18.0 Å². The predicted molar refractivity (Wildman–Crippen MR) is 122 cm³/mol. The van der Waals surface area contributed by atoms with E-state index in [0.717, 1.165) is 19.4 Å². The Bertz CT molecular complexity index is 1080. The van der Waals surface area contributed by atoms with E-state index in [1.807, 2.05) is 12.5 Å². The molecule has 1 aromatic heterocycles. The summed E-state index contributed by atoms with van der Waals surface area (Å²) in [6.07, 6.45) is 14.1. The molecule has 0 radical (unpaired) electrons. The van der Waals surface area contributed by atoms with Crippen LogP contribution >= 0.6 is 0 Å². The highest BCUT2D eigenvalue weighted by Gasteiger charge is 2.41. The predicted octanol–water partition coefficient (Wildman–Crippen LogP) is 4.95. The topological polar surface area (TPSA) is 29.8 Å². The minimum atomic E-state index is 0.381. The number of nitrogens with zero attached hydrogens (tertiary/aromatic N) is 3. The molecule has 1 saturated carbocycles. The van der Waals surface area contributed by atoms with Gasteiger partial charge >= 0.3 is 0 Å². The summed E-state index contributed by atoms with van der Waals surface area (Å²) >= 11 is 0. The van der Waals surface area contributed by atoms with E-state index in [9.17, 15) is 0 Å². The molecule has 0 spiro atoms. The van der Waals surface area contributed by atoms with E-state index in [4.69, 9.17) is 9.73 Å². The van der Waals surface area contributed by atoms with E-state index in [-0.39, 0.29) is 0 Å². The Hall–Kier alpha value is -2.33. The molecule has 4 atom stereocenters. The van der Waals surface area contributed by atoms with Gasteiger partial charge in [0.2, 0.25) is 0 Å². The standard InChI is InChI=1S/C26H31N3O/c1-3-10-29-15-19(27-23-8-7-17-16-30-11-9-20(17)23)13-22-21-5-4-6-24-26(21)18(12-25(22)29)14-28(24)2/h4-6,9,11,14,16,19-20,22,25H,3,7-8,10,12-13,15H2,1-2H3/t19?,20?,22-,25-/m1/s1. The van der Waals surface area contributed by atoms with Gasteiger partial charge in [-0.1, -0.05) is 19.1 Å². The molecule has 2 fully saturated rings. The van der Waals surface area contributed by atoms with Crippen molar-refractivity contribution in [3.05, 3.63) is 59.7 Å². The molecule has 2 aliphatic carbocycles. The number of aliphatic imine (C=N–C) groups is 1. The molecule has 1 saturated heterocycles. The molecule has 0 amide bonds. The SMILES string of the molecule is CCCN1CC(N=C2CCC3=COC=CC32)C[C@@H]2c3cccc4c3c(cn4C)C[C@H]21. The van der Waals surface area contributed by atoms with Gasteiger partial charge in [0.1, 0.15) is 0 Å². The number of aromatic nitrogens is 1. The summed E-state index contributed by atoms with van der Waals surface area (Å²) in [5.41, 5.74) is 7.24. The van der Waals surface area contributed by atoms with Crippen LogP contribution in [0.25, 0.3) is 10.9 Å². The molecular weight excluding hydrogens is 370 g/mol. The number of rotatable bonds is 3. The van der Waals surface area contributed by atoms with E-state index >= 15 is 0 Å². The summed E-state index contributed by atoms with van der Waals surface area (Å²) in [6, 6.07) is 7.93. The summed E-state index contributed by atoms with van der Waals surface area (Å²) in [4.78, 5) is 8.14. The van der Waals surface area contributed by atoms with Crippen LogP contribution in [0.4, 0.5) is 0 Å². The first-order valence-electron chi connectivity index (χ1n) is 11.6. The van der Waals surface area contributed by atoms with Crippen LogP contribution in [0.5, 0.6) is 0 Å². The van der Waals surface area contributed by atoms with E-state index in [0.29, 0.717) is 23.9 Å². The van der Waals surface area contributed by atoms with Crippen molar-refractivity contribution in [3.63, 3.8) is 0 Å². The number of benzene rings is 1. The highest BCUT2D eigenvalue weighted by molar-refractivity contribution is 5.94. The van der Waals surface area contributed by atoms with Crippen molar-refractivity contribution in [1.29, 1.82) is 0 Å². The Kier molecular flexibility index (Phi) is 4.38. The molecule has 3 heterocycles. The maximum atomic E-state index is 5.40. The monoisotopic (exact) mass is 401 g/mol. The zero-order chi connectivity index (χ0) is 20.2. The van der Waals surface area contributed by atoms with Gasteiger partial charge in [0.05, 0.1) is 18.6 Å². The maximum absolute atomic E-state index is 5.40. The fourth-order valence-corrected chi connectivity index (χ4v) is 6.48. The molecule has 2 aliphatic heterocycles. The van der Waals surface area contributed by atoms with Gasteiger partial charge < -0.3 is 9.30 Å². The van der Waals surface area contributed by atoms with E-state index in [2.05, 4.69) is 53.9 Å². The van der Waals surface area contributed by atoms with E-state index in [1.54, 1.807) is 5.56 Å². The molecule has 0 bridgehead atoms. The summed E-state index contributed by atoms with van der Waals surface area (Å²) in [6.45, 7) is 4.58. The third kappa shape index (κ3) is 2.80. The van der Waals surface area contributed by atoms with Crippen molar-refractivity contribution in [2.75, 3.05) is 13.1 Å². The van der Waals surface area contributed by atoms with E-state index < -0.39 is 0 Å². The number of piperidine rings is 1. The average Bonchev–Trinajstić information content (AvgIpc) is 3.31. The molecule has 156 valence electrons. The van der Waals surface area contributed by atoms with Crippen molar-refractivity contribution in [2.45, 2.75) is 57.0 Å². The molecule has 30 heavy (non-hydrogen) atoms. The molecule has 2 unspecified atom stereocenters. The number of hydrogen-bond donors (Lipinski definition) is 0. The summed E-state index contributed by atoms with van der Waals surface area (Å²) in [5.74, 6) is 0.964. The van der Waals surface area contributed by atoms with Gasteiger partial charge in [0, 0.05) is 54.3 Å². The quantitative estimate of drug-likeness (QED) is 0.728. The van der Waals surface area contributed by atoms with Gasteiger partial charge in [-0.2, -0.15) is 0 Å². The molecule has 4 aliphatic rings. The number of ether oxygens (including phenoxy) is 1. The lowest BCUT2D eigenvalue weighted by molar-refractivity contribution is 0.111. The van der Waals surface area contributed by atoms with Gasteiger partial charge in [-0.3, -0.25) is 9.89 Å². The first-order valence-corrected chi connectivity index (χ1v) is 11.6. The number of allylic oxidation sites excluding steroid dienone is 2. The average molecular weight is 402 g/mol. The lowest BCUT2D eigenvalue weighted by Crippen LogP contribution is -2.51. The van der Waals surface area contributed by atoms with Crippen LogP contribution in [0.15, 0.2) is 53.6 Å². The van der Waals surface area contributed by atoms with Crippen LogP contribution < -0.4 is 0 Å². The van der Waals surface area contributed by atoms with Gasteiger partial charge in [-0.25, -0.2) is 0 Å². The second kappa shape index (κ2) is 7.12. The fraction of sp³-hybridized carbons (Fsp3) is 0.500. The van der Waals surface area contributed by atoms with E-state index in [1.165, 1.54) is 53.6 Å². The number of likely N-dealkylation sites (tertiary alicyclic amines) is 1. The molecule has 1 aromatic carbocycles. The second-order valence-electron chi connectivity index (χ2n) is 9.52. The Balaban J connectivity index is 1.37. The van der Waals surface area contributed by atoms with Gasteiger partial charge in [0.15, 0.2) is 0 Å². The van der Waals surface area contributed by atoms with Crippen LogP contribution in [0.3, 0.4) is 0 Å². The van der Waals surface area contributed by atoms with Gasteiger partial charge in [-0.05, 0) is 67.5 Å². The zero-order valence-corrected chi connectivity index (χ0v) is 18.1. The highest BCUT2D eigenvalue weighted by Crippen LogP contribution is 2.45. The first-order chi connectivity index (χ1) is 14.7. The van der Waals surface area contributed by atoms with Crippen LogP contribution in [0.1, 0.15) is 49.7 Å². The number of aryl methyl sites for hydroxylation is 1. The third-order valence-electron chi connectivity index (χ3n) is 7.72. The van der Waals surface area contributed by atoms with Crippen molar-refractivity contribution >= 4 is 16.6 Å². The van der Waals surface area contributed by atoms with Crippen LogP contribution in [0.2, 0.25) is 0 Å². The fourth-order valence-electron chi connectivity index (χ4n) is 6.48. The highest BCUT2D eigenvalue weighted by atomic mass is 16.5. The maximum Gasteiger partial charge on any atom is 0.0903 e. The summed E-state index contributed by atoms with van der Waals surface area (Å²) in [7, 11) is 2.19. The molecule has 0 N–H and O–H groups in total. The minimum Gasteiger partial charge on any atom is -0.473 e. The lowest BCUT2D eigenvalue weighted by Gasteiger charge is -2.46. The van der Waals surface area contributed by atoms with Gasteiger partial charge in [-0.15, -0.1) is 0 Å². The minimum absolute atomic E-state index is 0.381. The van der Waals surface area contributed by atoms with Crippen molar-refractivity contribution < 1.29 is 4.74 Å². The molecule has 4 nitrogen and oxygen atoms in total.